The molecular weight excluding hydrogens is 440 g/mol. The first-order valence-electron chi connectivity index (χ1n) is 8.55. The zero-order valence-corrected chi connectivity index (χ0v) is 17.7. The number of fused-ring (bicyclic) bond motifs is 1. The first-order valence-corrected chi connectivity index (χ1v) is 10.2. The molecule has 0 aliphatic rings. The van der Waals surface area contributed by atoms with Crippen LogP contribution in [0.1, 0.15) is 5.56 Å². The van der Waals surface area contributed by atoms with Gasteiger partial charge in [0, 0.05) is 16.5 Å². The Morgan fingerprint density at radius 3 is 2.57 bits per heavy atom. The van der Waals surface area contributed by atoms with Crippen molar-refractivity contribution in [1.29, 1.82) is 0 Å². The maximum atomic E-state index is 13.3. The SMILES string of the molecule is COc1cc(Cn2cnc3scc(-c4ccccc4)c3c2=O)c(OC)cc1Br. The minimum atomic E-state index is -0.0750. The van der Waals surface area contributed by atoms with Crippen molar-refractivity contribution in [2.24, 2.45) is 0 Å². The molecule has 0 bridgehead atoms. The molecule has 0 aliphatic heterocycles. The predicted octanol–water partition coefficient (Wildman–Crippen LogP) is 4.95. The molecule has 0 atom stereocenters. The summed E-state index contributed by atoms with van der Waals surface area (Å²) in [6.07, 6.45) is 1.59. The van der Waals surface area contributed by atoms with E-state index in [2.05, 4.69) is 20.9 Å². The lowest BCUT2D eigenvalue weighted by Crippen LogP contribution is -2.21. The first-order chi connectivity index (χ1) is 13.6. The molecule has 2 aromatic heterocycles. The Hall–Kier alpha value is -2.64. The Bertz CT molecular complexity index is 1200. The summed E-state index contributed by atoms with van der Waals surface area (Å²) in [5, 5.41) is 2.63. The molecule has 142 valence electrons. The topological polar surface area (TPSA) is 53.4 Å². The van der Waals surface area contributed by atoms with Gasteiger partial charge in [0.15, 0.2) is 0 Å². The summed E-state index contributed by atoms with van der Waals surface area (Å²) in [5.74, 6) is 1.35. The Labute approximate surface area is 174 Å². The van der Waals surface area contributed by atoms with E-state index in [1.165, 1.54) is 11.3 Å². The van der Waals surface area contributed by atoms with Crippen molar-refractivity contribution in [3.8, 4) is 22.6 Å². The lowest BCUT2D eigenvalue weighted by molar-refractivity contribution is 0.395. The highest BCUT2D eigenvalue weighted by atomic mass is 79.9. The number of nitrogens with zero attached hydrogens (tertiary/aromatic N) is 2. The molecule has 5 nitrogen and oxygen atoms in total. The van der Waals surface area contributed by atoms with E-state index in [0.29, 0.717) is 23.4 Å². The van der Waals surface area contributed by atoms with Crippen LogP contribution >= 0.6 is 27.3 Å². The standard InChI is InChI=1S/C21H17BrN2O3S/c1-26-17-9-16(22)18(27-2)8-14(17)10-24-12-23-20-19(21(24)25)15(11-28-20)13-6-4-3-5-7-13/h3-9,11-12H,10H2,1-2H3. The van der Waals surface area contributed by atoms with Gasteiger partial charge < -0.3 is 9.47 Å². The van der Waals surface area contributed by atoms with Crippen molar-refractivity contribution in [2.45, 2.75) is 6.54 Å². The molecule has 28 heavy (non-hydrogen) atoms. The van der Waals surface area contributed by atoms with Crippen molar-refractivity contribution < 1.29 is 9.47 Å². The van der Waals surface area contributed by atoms with Gasteiger partial charge in [0.25, 0.3) is 5.56 Å². The van der Waals surface area contributed by atoms with Crippen LogP contribution < -0.4 is 15.0 Å². The molecule has 0 saturated carbocycles. The number of hydrogen-bond acceptors (Lipinski definition) is 5. The summed E-state index contributed by atoms with van der Waals surface area (Å²) in [6, 6.07) is 13.6. The molecule has 0 amide bonds. The van der Waals surface area contributed by atoms with E-state index in [-0.39, 0.29) is 5.56 Å². The summed E-state index contributed by atoms with van der Waals surface area (Å²) in [4.78, 5) is 18.5. The zero-order valence-electron chi connectivity index (χ0n) is 15.3. The number of hydrogen-bond donors (Lipinski definition) is 0. The van der Waals surface area contributed by atoms with Crippen molar-refractivity contribution in [3.05, 3.63) is 74.6 Å². The van der Waals surface area contributed by atoms with E-state index >= 15 is 0 Å². The van der Waals surface area contributed by atoms with E-state index in [1.807, 2.05) is 47.8 Å². The highest BCUT2D eigenvalue weighted by Crippen LogP contribution is 2.34. The summed E-state index contributed by atoms with van der Waals surface area (Å²) in [6.45, 7) is 0.332. The molecule has 0 spiro atoms. The maximum absolute atomic E-state index is 13.3. The molecule has 4 aromatic rings. The van der Waals surface area contributed by atoms with Crippen LogP contribution in [0.5, 0.6) is 11.5 Å². The molecule has 0 N–H and O–H groups in total. The van der Waals surface area contributed by atoms with Gasteiger partial charge in [0.1, 0.15) is 16.3 Å². The largest absolute Gasteiger partial charge is 0.496 e. The molecule has 7 heteroatoms. The lowest BCUT2D eigenvalue weighted by atomic mass is 10.1. The second kappa shape index (κ2) is 7.77. The average molecular weight is 457 g/mol. The summed E-state index contributed by atoms with van der Waals surface area (Å²) >= 11 is 4.94. The van der Waals surface area contributed by atoms with Crippen LogP contribution in [-0.2, 0) is 6.54 Å². The van der Waals surface area contributed by atoms with Crippen molar-refractivity contribution in [2.75, 3.05) is 14.2 Å². The van der Waals surface area contributed by atoms with Gasteiger partial charge in [-0.15, -0.1) is 11.3 Å². The van der Waals surface area contributed by atoms with Gasteiger partial charge in [0.2, 0.25) is 0 Å². The minimum Gasteiger partial charge on any atom is -0.496 e. The van der Waals surface area contributed by atoms with Crippen molar-refractivity contribution in [1.82, 2.24) is 9.55 Å². The van der Waals surface area contributed by atoms with Crippen LogP contribution in [0.3, 0.4) is 0 Å². The fraction of sp³-hybridized carbons (Fsp3) is 0.143. The molecule has 0 saturated heterocycles. The summed E-state index contributed by atoms with van der Waals surface area (Å²) in [7, 11) is 3.21. The van der Waals surface area contributed by atoms with Crippen LogP contribution in [0.25, 0.3) is 21.3 Å². The highest BCUT2D eigenvalue weighted by Gasteiger charge is 2.15. The summed E-state index contributed by atoms with van der Waals surface area (Å²) < 4.78 is 13.3. The van der Waals surface area contributed by atoms with Gasteiger partial charge in [-0.05, 0) is 33.6 Å². The smallest absolute Gasteiger partial charge is 0.263 e. The van der Waals surface area contributed by atoms with Gasteiger partial charge in [0.05, 0.1) is 37.0 Å². The second-order valence-corrected chi connectivity index (χ2v) is 7.88. The quantitative estimate of drug-likeness (QED) is 0.426. The molecule has 4 rings (SSSR count). The van der Waals surface area contributed by atoms with Gasteiger partial charge >= 0.3 is 0 Å². The molecule has 2 aromatic carbocycles. The van der Waals surface area contributed by atoms with Crippen LogP contribution in [0.15, 0.2) is 63.4 Å². The average Bonchev–Trinajstić information content (AvgIpc) is 3.16. The number of ether oxygens (including phenoxy) is 2. The molecule has 2 heterocycles. The molecule has 0 radical (unpaired) electrons. The number of thiophene rings is 1. The minimum absolute atomic E-state index is 0.0750. The fourth-order valence-electron chi connectivity index (χ4n) is 3.14. The molecule has 0 aliphatic carbocycles. The monoisotopic (exact) mass is 456 g/mol. The van der Waals surface area contributed by atoms with E-state index in [4.69, 9.17) is 9.47 Å². The second-order valence-electron chi connectivity index (χ2n) is 6.17. The van der Waals surface area contributed by atoms with Crippen LogP contribution in [0, 0.1) is 0 Å². The lowest BCUT2D eigenvalue weighted by Gasteiger charge is -2.13. The van der Waals surface area contributed by atoms with Gasteiger partial charge in [-0.1, -0.05) is 30.3 Å². The Morgan fingerprint density at radius 1 is 1.11 bits per heavy atom. The number of rotatable bonds is 5. The molecular formula is C21H17BrN2O3S. The Kier molecular flexibility index (Phi) is 5.19. The van der Waals surface area contributed by atoms with E-state index in [0.717, 1.165) is 26.0 Å². The number of halogens is 1. The third kappa shape index (κ3) is 3.31. The Balaban J connectivity index is 1.83. The first kappa shape index (κ1) is 18.7. The summed E-state index contributed by atoms with van der Waals surface area (Å²) in [5.41, 5.74) is 2.68. The molecule has 0 fully saturated rings. The fourth-order valence-corrected chi connectivity index (χ4v) is 4.53. The van der Waals surface area contributed by atoms with E-state index in [1.54, 1.807) is 25.1 Å². The third-order valence-corrected chi connectivity index (χ3v) is 6.05. The predicted molar refractivity (Wildman–Crippen MR) is 116 cm³/mol. The van der Waals surface area contributed by atoms with Crippen LogP contribution in [-0.4, -0.2) is 23.8 Å². The van der Waals surface area contributed by atoms with Crippen LogP contribution in [0.2, 0.25) is 0 Å². The molecule has 0 unspecified atom stereocenters. The zero-order chi connectivity index (χ0) is 19.7. The normalized spacial score (nSPS) is 11.0. The number of aromatic nitrogens is 2. The van der Waals surface area contributed by atoms with E-state index in [9.17, 15) is 4.79 Å². The van der Waals surface area contributed by atoms with Crippen molar-refractivity contribution in [3.63, 3.8) is 0 Å². The van der Waals surface area contributed by atoms with Gasteiger partial charge in [-0.3, -0.25) is 9.36 Å². The van der Waals surface area contributed by atoms with Gasteiger partial charge in [-0.2, -0.15) is 0 Å². The van der Waals surface area contributed by atoms with Crippen LogP contribution in [0.4, 0.5) is 0 Å². The highest BCUT2D eigenvalue weighted by molar-refractivity contribution is 9.10. The number of methoxy groups -OCH3 is 2. The third-order valence-electron chi connectivity index (χ3n) is 4.54. The maximum Gasteiger partial charge on any atom is 0.263 e. The van der Waals surface area contributed by atoms with Gasteiger partial charge in [-0.25, -0.2) is 4.98 Å². The number of benzene rings is 2. The van der Waals surface area contributed by atoms with Crippen molar-refractivity contribution >= 4 is 37.5 Å². The van der Waals surface area contributed by atoms with E-state index < -0.39 is 0 Å². The Morgan fingerprint density at radius 2 is 1.86 bits per heavy atom.